The summed E-state index contributed by atoms with van der Waals surface area (Å²) in [4.78, 5) is 4.63. The molecule has 0 spiro atoms. The summed E-state index contributed by atoms with van der Waals surface area (Å²) in [5.74, 6) is 2.67. The molecule has 3 heteroatoms. The lowest BCUT2D eigenvalue weighted by atomic mass is 10.1. The van der Waals surface area contributed by atoms with Gasteiger partial charge in [-0.2, -0.15) is 0 Å². The first-order valence-corrected chi connectivity index (χ1v) is 7.89. The minimum Gasteiger partial charge on any atom is -0.477 e. The average Bonchev–Trinajstić information content (AvgIpc) is 3.19. The van der Waals surface area contributed by atoms with Crippen LogP contribution in [-0.2, 0) is 6.54 Å². The fourth-order valence-electron chi connectivity index (χ4n) is 2.05. The number of pyridine rings is 1. The molecular formula is C17H28N2O. The number of hydrogen-bond donors (Lipinski definition) is 1. The van der Waals surface area contributed by atoms with E-state index in [0.29, 0.717) is 11.8 Å². The minimum absolute atomic E-state index is 0.434. The molecular weight excluding hydrogens is 248 g/mol. The molecule has 1 N–H and O–H groups in total. The maximum absolute atomic E-state index is 5.85. The summed E-state index contributed by atoms with van der Waals surface area (Å²) in [6, 6.07) is 4.28. The zero-order valence-corrected chi connectivity index (χ0v) is 13.3. The number of nitrogens with zero attached hydrogens (tertiary/aromatic N) is 1. The van der Waals surface area contributed by atoms with E-state index in [2.05, 4.69) is 50.1 Å². The second kappa shape index (κ2) is 7.07. The van der Waals surface area contributed by atoms with Gasteiger partial charge in [-0.05, 0) is 48.8 Å². The number of hydrogen-bond acceptors (Lipinski definition) is 3. The molecule has 0 bridgehead atoms. The van der Waals surface area contributed by atoms with Crippen LogP contribution in [0.5, 0.6) is 5.88 Å². The van der Waals surface area contributed by atoms with Gasteiger partial charge in [-0.1, -0.05) is 27.7 Å². The van der Waals surface area contributed by atoms with Crippen LogP contribution in [0.3, 0.4) is 0 Å². The highest BCUT2D eigenvalue weighted by Gasteiger charge is 2.22. The Balaban J connectivity index is 1.99. The molecule has 0 atom stereocenters. The molecule has 2 rings (SSSR count). The van der Waals surface area contributed by atoms with E-state index in [4.69, 9.17) is 4.74 Å². The monoisotopic (exact) mass is 276 g/mol. The van der Waals surface area contributed by atoms with Crippen molar-refractivity contribution in [3.63, 3.8) is 0 Å². The third-order valence-electron chi connectivity index (χ3n) is 3.52. The van der Waals surface area contributed by atoms with Crippen molar-refractivity contribution >= 4 is 0 Å². The van der Waals surface area contributed by atoms with E-state index < -0.39 is 0 Å². The van der Waals surface area contributed by atoms with Crippen molar-refractivity contribution in [1.82, 2.24) is 10.3 Å². The molecule has 3 nitrogen and oxygen atoms in total. The zero-order valence-electron chi connectivity index (χ0n) is 13.3. The third-order valence-corrected chi connectivity index (χ3v) is 3.52. The third kappa shape index (κ3) is 5.12. The summed E-state index contributed by atoms with van der Waals surface area (Å²) in [5.41, 5.74) is 2.40. The molecule has 112 valence electrons. The van der Waals surface area contributed by atoms with E-state index in [0.717, 1.165) is 37.2 Å². The summed E-state index contributed by atoms with van der Waals surface area (Å²) >= 11 is 0. The number of ether oxygens (including phenoxy) is 1. The average molecular weight is 276 g/mol. The smallest absolute Gasteiger partial charge is 0.213 e. The predicted octanol–water partition coefficient (Wildman–Crippen LogP) is 3.74. The highest BCUT2D eigenvalue weighted by atomic mass is 16.5. The molecule has 20 heavy (non-hydrogen) atoms. The Kier molecular flexibility index (Phi) is 5.41. The highest BCUT2D eigenvalue weighted by Crippen LogP contribution is 2.29. The maximum Gasteiger partial charge on any atom is 0.213 e. The van der Waals surface area contributed by atoms with Crippen LogP contribution in [0.4, 0.5) is 0 Å². The summed E-state index contributed by atoms with van der Waals surface area (Å²) < 4.78 is 5.85. The van der Waals surface area contributed by atoms with Crippen LogP contribution < -0.4 is 10.1 Å². The Morgan fingerprint density at radius 3 is 2.60 bits per heavy atom. The Bertz CT molecular complexity index is 425. The van der Waals surface area contributed by atoms with E-state index >= 15 is 0 Å². The van der Waals surface area contributed by atoms with Crippen molar-refractivity contribution in [2.75, 3.05) is 13.2 Å². The van der Waals surface area contributed by atoms with Crippen molar-refractivity contribution in [3.8, 4) is 5.88 Å². The molecule has 1 saturated carbocycles. The molecule has 0 radical (unpaired) electrons. The standard InChI is InChI=1S/C17H28N2O/c1-12(2)9-18-10-15-7-16(13(3)4)19-17(8-15)20-11-14-5-6-14/h7-8,12-14,18H,5-6,9-11H2,1-4H3. The van der Waals surface area contributed by atoms with Crippen molar-refractivity contribution < 1.29 is 4.74 Å². The van der Waals surface area contributed by atoms with Gasteiger partial charge in [0, 0.05) is 18.3 Å². The van der Waals surface area contributed by atoms with Gasteiger partial charge in [0.25, 0.3) is 0 Å². The van der Waals surface area contributed by atoms with Gasteiger partial charge in [-0.15, -0.1) is 0 Å². The SMILES string of the molecule is CC(C)CNCc1cc(OCC2CC2)nc(C(C)C)c1. The first-order chi connectivity index (χ1) is 9.54. The zero-order chi connectivity index (χ0) is 14.5. The maximum atomic E-state index is 5.85. The van der Waals surface area contributed by atoms with Gasteiger partial charge in [0.15, 0.2) is 0 Å². The fourth-order valence-corrected chi connectivity index (χ4v) is 2.05. The molecule has 0 amide bonds. The van der Waals surface area contributed by atoms with Crippen molar-refractivity contribution in [3.05, 3.63) is 23.4 Å². The first kappa shape index (κ1) is 15.3. The number of rotatable bonds is 8. The van der Waals surface area contributed by atoms with Crippen molar-refractivity contribution in [2.45, 2.75) is 53.0 Å². The normalized spacial score (nSPS) is 15.1. The molecule has 0 aliphatic heterocycles. The van der Waals surface area contributed by atoms with E-state index in [1.807, 2.05) is 0 Å². The minimum atomic E-state index is 0.434. The molecule has 0 saturated heterocycles. The molecule has 1 fully saturated rings. The Hall–Kier alpha value is -1.09. The van der Waals surface area contributed by atoms with Crippen LogP contribution in [0.15, 0.2) is 12.1 Å². The van der Waals surface area contributed by atoms with Gasteiger partial charge >= 0.3 is 0 Å². The summed E-state index contributed by atoms with van der Waals surface area (Å²) in [5, 5.41) is 3.49. The Morgan fingerprint density at radius 2 is 2.00 bits per heavy atom. The molecule has 0 aromatic carbocycles. The second-order valence-electron chi connectivity index (χ2n) is 6.67. The molecule has 1 aliphatic carbocycles. The molecule has 0 unspecified atom stereocenters. The lowest BCUT2D eigenvalue weighted by Gasteiger charge is -2.13. The Morgan fingerprint density at radius 1 is 1.25 bits per heavy atom. The molecule has 1 aromatic rings. The predicted molar refractivity (Wildman–Crippen MR) is 83.1 cm³/mol. The molecule has 1 heterocycles. The van der Waals surface area contributed by atoms with Gasteiger partial charge < -0.3 is 10.1 Å². The van der Waals surface area contributed by atoms with E-state index in [-0.39, 0.29) is 0 Å². The van der Waals surface area contributed by atoms with Gasteiger partial charge in [0.2, 0.25) is 5.88 Å². The molecule has 1 aliphatic rings. The number of nitrogens with one attached hydrogen (secondary N) is 1. The van der Waals surface area contributed by atoms with Crippen LogP contribution >= 0.6 is 0 Å². The van der Waals surface area contributed by atoms with Crippen LogP contribution in [0.25, 0.3) is 0 Å². The van der Waals surface area contributed by atoms with Gasteiger partial charge in [-0.25, -0.2) is 4.98 Å². The fraction of sp³-hybridized carbons (Fsp3) is 0.706. The van der Waals surface area contributed by atoms with Crippen LogP contribution in [0.1, 0.15) is 57.7 Å². The topological polar surface area (TPSA) is 34.1 Å². The molecule has 1 aromatic heterocycles. The van der Waals surface area contributed by atoms with E-state index in [1.54, 1.807) is 0 Å². The van der Waals surface area contributed by atoms with Crippen molar-refractivity contribution in [1.29, 1.82) is 0 Å². The van der Waals surface area contributed by atoms with Crippen LogP contribution in [0, 0.1) is 11.8 Å². The second-order valence-corrected chi connectivity index (χ2v) is 6.67. The summed E-state index contributed by atoms with van der Waals surface area (Å²) in [6.45, 7) is 11.6. The van der Waals surface area contributed by atoms with Crippen molar-refractivity contribution in [2.24, 2.45) is 11.8 Å². The van der Waals surface area contributed by atoms with E-state index in [1.165, 1.54) is 18.4 Å². The lowest BCUT2D eigenvalue weighted by molar-refractivity contribution is 0.287. The summed E-state index contributed by atoms with van der Waals surface area (Å²) in [7, 11) is 0. The lowest BCUT2D eigenvalue weighted by Crippen LogP contribution is -2.19. The number of aromatic nitrogens is 1. The largest absolute Gasteiger partial charge is 0.477 e. The Labute approximate surface area is 123 Å². The first-order valence-electron chi connectivity index (χ1n) is 7.89. The van der Waals surface area contributed by atoms with Gasteiger partial charge in [0.1, 0.15) is 0 Å². The summed E-state index contributed by atoms with van der Waals surface area (Å²) in [6.07, 6.45) is 2.62. The van der Waals surface area contributed by atoms with Crippen LogP contribution in [-0.4, -0.2) is 18.1 Å². The van der Waals surface area contributed by atoms with Gasteiger partial charge in [0.05, 0.1) is 6.61 Å². The highest BCUT2D eigenvalue weighted by molar-refractivity contribution is 5.26. The quantitative estimate of drug-likeness (QED) is 0.785. The van der Waals surface area contributed by atoms with Crippen LogP contribution in [0.2, 0.25) is 0 Å². The van der Waals surface area contributed by atoms with E-state index in [9.17, 15) is 0 Å². The van der Waals surface area contributed by atoms with Gasteiger partial charge in [-0.3, -0.25) is 0 Å².